The molecular formula is C25H33N5O4. The molecule has 0 bridgehead atoms. The van der Waals surface area contributed by atoms with Gasteiger partial charge < -0.3 is 24.7 Å². The monoisotopic (exact) mass is 467 g/mol. The van der Waals surface area contributed by atoms with E-state index in [2.05, 4.69) is 28.1 Å². The molecule has 0 aliphatic carbocycles. The van der Waals surface area contributed by atoms with Gasteiger partial charge in [0.15, 0.2) is 11.5 Å². The Labute approximate surface area is 200 Å². The lowest BCUT2D eigenvalue weighted by atomic mass is 9.83. The number of nitrogens with two attached hydrogens (primary N) is 1. The fraction of sp³-hybridized carbons (Fsp3) is 0.520. The molecule has 3 heterocycles. The van der Waals surface area contributed by atoms with Crippen LogP contribution in [0.4, 0.5) is 0 Å². The van der Waals surface area contributed by atoms with E-state index in [1.165, 1.54) is 0 Å². The maximum atomic E-state index is 9.92. The normalized spacial score (nSPS) is 18.2. The zero-order chi connectivity index (χ0) is 23.9. The van der Waals surface area contributed by atoms with Gasteiger partial charge in [-0.1, -0.05) is 19.4 Å². The summed E-state index contributed by atoms with van der Waals surface area (Å²) >= 11 is 0. The minimum Gasteiger partial charge on any atom is -0.490 e. The van der Waals surface area contributed by atoms with Gasteiger partial charge in [-0.2, -0.15) is 5.26 Å². The molecule has 1 fully saturated rings. The number of rotatable bonds is 10. The topological polar surface area (TPSA) is 119 Å². The molecule has 1 aromatic carbocycles. The molecular weight excluding hydrogens is 434 g/mol. The third-order valence-corrected chi connectivity index (χ3v) is 6.17. The zero-order valence-electron chi connectivity index (χ0n) is 19.9. The molecule has 0 unspecified atom stereocenters. The Kier molecular flexibility index (Phi) is 7.93. The van der Waals surface area contributed by atoms with Crippen molar-refractivity contribution in [2.75, 3.05) is 46.1 Å². The number of unbranched alkanes of at least 4 members (excludes halogenated alkanes) is 1. The number of nitrogens with zero attached hydrogens (tertiary/aromatic N) is 3. The van der Waals surface area contributed by atoms with Crippen LogP contribution < -0.4 is 19.9 Å². The molecule has 0 amide bonds. The van der Waals surface area contributed by atoms with Gasteiger partial charge in [0, 0.05) is 30.9 Å². The molecule has 1 saturated heterocycles. The maximum Gasteiger partial charge on any atom is 0.244 e. The first-order valence-electron chi connectivity index (χ1n) is 12.0. The van der Waals surface area contributed by atoms with Gasteiger partial charge in [-0.25, -0.2) is 0 Å². The first kappa shape index (κ1) is 23.9. The summed E-state index contributed by atoms with van der Waals surface area (Å²) in [4.78, 5) is 2.32. The molecule has 1 aromatic heterocycles. The van der Waals surface area contributed by atoms with Crippen LogP contribution in [0.5, 0.6) is 17.4 Å². The third kappa shape index (κ3) is 5.13. The summed E-state index contributed by atoms with van der Waals surface area (Å²) in [5, 5.41) is 17.3. The highest BCUT2D eigenvalue weighted by molar-refractivity contribution is 5.57. The van der Waals surface area contributed by atoms with Gasteiger partial charge in [-0.05, 0) is 37.5 Å². The van der Waals surface area contributed by atoms with E-state index in [1.54, 1.807) is 0 Å². The molecule has 3 N–H and O–H groups in total. The van der Waals surface area contributed by atoms with Gasteiger partial charge >= 0.3 is 0 Å². The van der Waals surface area contributed by atoms with Crippen LogP contribution in [0.15, 0.2) is 29.7 Å². The minimum atomic E-state index is -0.388. The van der Waals surface area contributed by atoms with Crippen molar-refractivity contribution in [3.8, 4) is 23.4 Å². The summed E-state index contributed by atoms with van der Waals surface area (Å²) in [5.74, 6) is 1.44. The lowest BCUT2D eigenvalue weighted by molar-refractivity contribution is 0.0321. The summed E-state index contributed by atoms with van der Waals surface area (Å²) in [6.07, 6.45) is 2.87. The lowest BCUT2D eigenvalue weighted by Crippen LogP contribution is -2.38. The number of ether oxygens (including phenoxy) is 4. The van der Waals surface area contributed by atoms with E-state index in [9.17, 15) is 5.26 Å². The third-order valence-electron chi connectivity index (χ3n) is 6.17. The van der Waals surface area contributed by atoms with E-state index < -0.39 is 0 Å². The van der Waals surface area contributed by atoms with Crippen LogP contribution in [0.1, 0.15) is 49.4 Å². The van der Waals surface area contributed by atoms with Crippen LogP contribution in [-0.4, -0.2) is 61.2 Å². The molecule has 4 rings (SSSR count). The number of hydrogen-bond donors (Lipinski definition) is 2. The Bertz CT molecular complexity index is 1050. The SMILES string of the molecule is CCCCc1[nH]nc2c1[C@@H](c1ccc(OCCN3CCOCC3)c(OCC)c1)C(C#N)=C(N)O2. The number of fused-ring (bicyclic) bond motifs is 1. The highest BCUT2D eigenvalue weighted by Crippen LogP contribution is 2.45. The lowest BCUT2D eigenvalue weighted by Gasteiger charge is -2.27. The first-order valence-corrected chi connectivity index (χ1v) is 12.0. The molecule has 1 atom stereocenters. The Balaban J connectivity index is 1.61. The van der Waals surface area contributed by atoms with Crippen molar-refractivity contribution in [1.82, 2.24) is 15.1 Å². The average molecular weight is 468 g/mol. The second-order valence-corrected chi connectivity index (χ2v) is 8.39. The van der Waals surface area contributed by atoms with Crippen molar-refractivity contribution < 1.29 is 18.9 Å². The predicted octanol–water partition coefficient (Wildman–Crippen LogP) is 3.08. The van der Waals surface area contributed by atoms with E-state index in [0.29, 0.717) is 36.2 Å². The van der Waals surface area contributed by atoms with Gasteiger partial charge in [0.1, 0.15) is 18.2 Å². The molecule has 9 nitrogen and oxygen atoms in total. The summed E-state index contributed by atoms with van der Waals surface area (Å²) < 4.78 is 23.1. The number of benzene rings is 1. The molecule has 2 aromatic rings. The standard InChI is InChI=1S/C25H33N5O4/c1-3-5-6-19-23-22(18(16-26)24(27)34-25(23)29-28-19)17-7-8-20(21(15-17)32-4-2)33-14-11-30-9-12-31-13-10-30/h7-8,15,22H,3-6,9-14,27H2,1-2H3,(H,28,29)/t22-/m0/s1. The smallest absolute Gasteiger partial charge is 0.244 e. The van der Waals surface area contributed by atoms with Gasteiger partial charge in [0.2, 0.25) is 11.8 Å². The van der Waals surface area contributed by atoms with E-state index >= 15 is 0 Å². The molecule has 2 aliphatic rings. The summed E-state index contributed by atoms with van der Waals surface area (Å²) in [6.45, 7) is 9.32. The zero-order valence-corrected chi connectivity index (χ0v) is 19.9. The summed E-state index contributed by atoms with van der Waals surface area (Å²) in [6, 6.07) is 8.07. The van der Waals surface area contributed by atoms with Crippen LogP contribution in [0.2, 0.25) is 0 Å². The second kappa shape index (κ2) is 11.3. The van der Waals surface area contributed by atoms with Crippen LogP contribution in [0.25, 0.3) is 0 Å². The highest BCUT2D eigenvalue weighted by Gasteiger charge is 2.35. The van der Waals surface area contributed by atoms with Crippen molar-refractivity contribution in [2.24, 2.45) is 5.73 Å². The number of nitrogens with one attached hydrogen (secondary N) is 1. The Morgan fingerprint density at radius 3 is 2.79 bits per heavy atom. The summed E-state index contributed by atoms with van der Waals surface area (Å²) in [7, 11) is 0. The molecule has 0 radical (unpaired) electrons. The molecule has 34 heavy (non-hydrogen) atoms. The van der Waals surface area contributed by atoms with Gasteiger partial charge in [0.05, 0.1) is 25.7 Å². The second-order valence-electron chi connectivity index (χ2n) is 8.39. The number of aromatic nitrogens is 2. The molecule has 2 aliphatic heterocycles. The van der Waals surface area contributed by atoms with Crippen molar-refractivity contribution in [2.45, 2.75) is 39.0 Å². The fourth-order valence-corrected chi connectivity index (χ4v) is 4.39. The van der Waals surface area contributed by atoms with Gasteiger partial charge in [-0.15, -0.1) is 5.10 Å². The van der Waals surface area contributed by atoms with Crippen molar-refractivity contribution >= 4 is 0 Å². The first-order chi connectivity index (χ1) is 16.7. The average Bonchev–Trinajstić information content (AvgIpc) is 3.25. The van der Waals surface area contributed by atoms with Crippen LogP contribution in [-0.2, 0) is 11.2 Å². The fourth-order valence-electron chi connectivity index (χ4n) is 4.39. The number of aryl methyl sites for hydroxylation is 1. The van der Waals surface area contributed by atoms with Crippen LogP contribution in [0, 0.1) is 11.3 Å². The number of aromatic amines is 1. The van der Waals surface area contributed by atoms with Crippen LogP contribution >= 0.6 is 0 Å². The minimum absolute atomic E-state index is 0.0809. The Morgan fingerprint density at radius 1 is 1.24 bits per heavy atom. The van der Waals surface area contributed by atoms with Crippen molar-refractivity contribution in [3.63, 3.8) is 0 Å². The molecule has 9 heteroatoms. The maximum absolute atomic E-state index is 9.92. The number of morpholine rings is 1. The van der Waals surface area contributed by atoms with Crippen molar-refractivity contribution in [3.05, 3.63) is 46.5 Å². The number of allylic oxidation sites excluding steroid dienone is 1. The number of hydrogen-bond acceptors (Lipinski definition) is 8. The van der Waals surface area contributed by atoms with E-state index in [-0.39, 0.29) is 11.8 Å². The van der Waals surface area contributed by atoms with Gasteiger partial charge in [0.25, 0.3) is 0 Å². The number of H-pyrrole nitrogens is 1. The van der Waals surface area contributed by atoms with Gasteiger partial charge in [-0.3, -0.25) is 10.00 Å². The molecule has 0 spiro atoms. The highest BCUT2D eigenvalue weighted by atomic mass is 16.5. The van der Waals surface area contributed by atoms with E-state index in [0.717, 1.165) is 68.9 Å². The van der Waals surface area contributed by atoms with Crippen LogP contribution in [0.3, 0.4) is 0 Å². The largest absolute Gasteiger partial charge is 0.490 e. The Hall–Kier alpha value is -3.22. The van der Waals surface area contributed by atoms with E-state index in [1.807, 2.05) is 25.1 Å². The quantitative estimate of drug-likeness (QED) is 0.547. The van der Waals surface area contributed by atoms with Crippen molar-refractivity contribution in [1.29, 1.82) is 5.26 Å². The Morgan fingerprint density at radius 2 is 2.06 bits per heavy atom. The summed E-state index contributed by atoms with van der Waals surface area (Å²) in [5.41, 5.74) is 9.20. The molecule has 0 saturated carbocycles. The predicted molar refractivity (Wildman–Crippen MR) is 127 cm³/mol. The molecule has 182 valence electrons. The number of nitriles is 1. The van der Waals surface area contributed by atoms with E-state index in [4.69, 9.17) is 24.7 Å².